The summed E-state index contributed by atoms with van der Waals surface area (Å²) in [5.74, 6) is -0.777. The molecule has 0 aliphatic heterocycles. The molecule has 3 rings (SSSR count). The van der Waals surface area contributed by atoms with Crippen LogP contribution in [-0.4, -0.2) is 24.0 Å². The highest BCUT2D eigenvalue weighted by atomic mass is 79.9. The first-order chi connectivity index (χ1) is 13.1. The Balaban J connectivity index is 1.95. The molecule has 1 atom stereocenters. The summed E-state index contributed by atoms with van der Waals surface area (Å²) in [6.07, 6.45) is 1.62. The van der Waals surface area contributed by atoms with Gasteiger partial charge in [0, 0.05) is 21.7 Å². The van der Waals surface area contributed by atoms with Gasteiger partial charge in [0.2, 0.25) is 0 Å². The molecule has 1 heterocycles. The Labute approximate surface area is 168 Å². The SMILES string of the molecule is COC(=O)c1cc(Br)ccc1N[C@H](C(=O)Nc1nccs1)c1ccccc1. The predicted octanol–water partition coefficient (Wildman–Crippen LogP) is 4.48. The van der Waals surface area contributed by atoms with Gasteiger partial charge in [0.1, 0.15) is 6.04 Å². The second kappa shape index (κ2) is 8.79. The van der Waals surface area contributed by atoms with E-state index in [2.05, 4.69) is 31.5 Å². The Kier molecular flexibility index (Phi) is 6.20. The minimum atomic E-state index is -0.723. The minimum absolute atomic E-state index is 0.283. The summed E-state index contributed by atoms with van der Waals surface area (Å²) in [5, 5.41) is 8.25. The maximum absolute atomic E-state index is 12.9. The molecule has 138 valence electrons. The molecule has 0 unspecified atom stereocenters. The third-order valence-electron chi connectivity index (χ3n) is 3.74. The number of rotatable bonds is 6. The predicted molar refractivity (Wildman–Crippen MR) is 109 cm³/mol. The summed E-state index contributed by atoms with van der Waals surface area (Å²) in [4.78, 5) is 29.1. The molecule has 8 heteroatoms. The average molecular weight is 446 g/mol. The van der Waals surface area contributed by atoms with Crippen molar-refractivity contribution < 1.29 is 14.3 Å². The number of hydrogen-bond donors (Lipinski definition) is 2. The van der Waals surface area contributed by atoms with Crippen molar-refractivity contribution in [3.63, 3.8) is 0 Å². The number of thiazole rings is 1. The van der Waals surface area contributed by atoms with E-state index in [9.17, 15) is 9.59 Å². The van der Waals surface area contributed by atoms with Gasteiger partial charge in [-0.3, -0.25) is 10.1 Å². The number of aromatic nitrogens is 1. The number of nitrogens with zero attached hydrogens (tertiary/aromatic N) is 1. The van der Waals surface area contributed by atoms with E-state index < -0.39 is 12.0 Å². The summed E-state index contributed by atoms with van der Waals surface area (Å²) in [7, 11) is 1.32. The molecule has 1 amide bonds. The Morgan fingerprint density at radius 3 is 2.63 bits per heavy atom. The first-order valence-electron chi connectivity index (χ1n) is 7.98. The molecule has 0 bridgehead atoms. The molecular formula is C19H16BrN3O3S. The number of halogens is 1. The molecule has 0 saturated heterocycles. The van der Waals surface area contributed by atoms with Gasteiger partial charge in [-0.1, -0.05) is 46.3 Å². The van der Waals surface area contributed by atoms with Crippen LogP contribution in [0.5, 0.6) is 0 Å². The number of ether oxygens (including phenoxy) is 1. The van der Waals surface area contributed by atoms with E-state index in [1.54, 1.807) is 29.8 Å². The summed E-state index contributed by atoms with van der Waals surface area (Å²) in [6.45, 7) is 0. The molecule has 1 aromatic heterocycles. The van der Waals surface area contributed by atoms with Crippen molar-refractivity contribution in [1.29, 1.82) is 0 Å². The molecule has 0 radical (unpaired) electrons. The van der Waals surface area contributed by atoms with Gasteiger partial charge in [-0.25, -0.2) is 9.78 Å². The first kappa shape index (κ1) is 19.1. The standard InChI is InChI=1S/C19H16BrN3O3S/c1-26-18(25)14-11-13(20)7-8-15(14)22-16(12-5-3-2-4-6-12)17(24)23-19-21-9-10-27-19/h2-11,16,22H,1H3,(H,21,23,24)/t16-/m0/s1. The lowest BCUT2D eigenvalue weighted by molar-refractivity contribution is -0.117. The summed E-state index contributed by atoms with van der Waals surface area (Å²) in [5.41, 5.74) is 1.58. The summed E-state index contributed by atoms with van der Waals surface area (Å²) >= 11 is 4.68. The van der Waals surface area contributed by atoms with E-state index in [1.165, 1.54) is 18.4 Å². The molecule has 0 fully saturated rings. The number of carbonyl (C=O) groups excluding carboxylic acids is 2. The molecule has 6 nitrogen and oxygen atoms in total. The summed E-state index contributed by atoms with van der Waals surface area (Å²) < 4.78 is 5.59. The van der Waals surface area contributed by atoms with E-state index in [4.69, 9.17) is 4.74 Å². The van der Waals surface area contributed by atoms with E-state index in [1.807, 2.05) is 30.3 Å². The fourth-order valence-electron chi connectivity index (χ4n) is 2.49. The molecule has 0 aliphatic carbocycles. The number of amides is 1. The maximum atomic E-state index is 12.9. The normalized spacial score (nSPS) is 11.5. The van der Waals surface area contributed by atoms with Crippen LogP contribution in [-0.2, 0) is 9.53 Å². The van der Waals surface area contributed by atoms with Crippen LogP contribution in [0.4, 0.5) is 10.8 Å². The zero-order valence-electron chi connectivity index (χ0n) is 14.3. The fraction of sp³-hybridized carbons (Fsp3) is 0.105. The molecule has 0 aliphatic rings. The highest BCUT2D eigenvalue weighted by Crippen LogP contribution is 2.27. The van der Waals surface area contributed by atoms with Crippen LogP contribution in [0.1, 0.15) is 22.0 Å². The third kappa shape index (κ3) is 4.72. The Bertz CT molecular complexity index is 933. The molecule has 27 heavy (non-hydrogen) atoms. The lowest BCUT2D eigenvalue weighted by Crippen LogP contribution is -2.28. The van der Waals surface area contributed by atoms with Gasteiger partial charge in [-0.05, 0) is 23.8 Å². The minimum Gasteiger partial charge on any atom is -0.465 e. The van der Waals surface area contributed by atoms with Gasteiger partial charge in [0.05, 0.1) is 12.7 Å². The van der Waals surface area contributed by atoms with Gasteiger partial charge in [0.25, 0.3) is 5.91 Å². The zero-order valence-corrected chi connectivity index (χ0v) is 16.7. The number of esters is 1. The number of benzene rings is 2. The quantitative estimate of drug-likeness (QED) is 0.546. The van der Waals surface area contributed by atoms with Crippen molar-refractivity contribution in [2.75, 3.05) is 17.7 Å². The monoisotopic (exact) mass is 445 g/mol. The van der Waals surface area contributed by atoms with E-state index in [0.29, 0.717) is 16.4 Å². The number of methoxy groups -OCH3 is 1. The Morgan fingerprint density at radius 2 is 1.96 bits per heavy atom. The van der Waals surface area contributed by atoms with Crippen molar-refractivity contribution in [1.82, 2.24) is 4.98 Å². The Morgan fingerprint density at radius 1 is 1.19 bits per heavy atom. The van der Waals surface area contributed by atoms with Crippen LogP contribution >= 0.6 is 27.3 Å². The van der Waals surface area contributed by atoms with Crippen LogP contribution in [0.2, 0.25) is 0 Å². The lowest BCUT2D eigenvalue weighted by Gasteiger charge is -2.21. The van der Waals surface area contributed by atoms with Gasteiger partial charge >= 0.3 is 5.97 Å². The second-order valence-corrected chi connectivity index (χ2v) is 7.31. The van der Waals surface area contributed by atoms with Crippen molar-refractivity contribution in [2.24, 2.45) is 0 Å². The highest BCUT2D eigenvalue weighted by molar-refractivity contribution is 9.10. The first-order valence-corrected chi connectivity index (χ1v) is 9.65. The van der Waals surface area contributed by atoms with Gasteiger partial charge < -0.3 is 10.1 Å². The lowest BCUT2D eigenvalue weighted by atomic mass is 10.0. The van der Waals surface area contributed by atoms with Crippen molar-refractivity contribution in [3.8, 4) is 0 Å². The van der Waals surface area contributed by atoms with Crippen LogP contribution in [0.15, 0.2) is 64.6 Å². The van der Waals surface area contributed by atoms with Crippen LogP contribution in [0, 0.1) is 0 Å². The van der Waals surface area contributed by atoms with Gasteiger partial charge in [-0.15, -0.1) is 11.3 Å². The topological polar surface area (TPSA) is 80.3 Å². The number of hydrogen-bond acceptors (Lipinski definition) is 6. The van der Waals surface area contributed by atoms with Crippen molar-refractivity contribution in [3.05, 3.63) is 75.7 Å². The van der Waals surface area contributed by atoms with Crippen LogP contribution < -0.4 is 10.6 Å². The summed E-state index contributed by atoms with van der Waals surface area (Å²) in [6, 6.07) is 13.7. The molecule has 2 N–H and O–H groups in total. The van der Waals surface area contributed by atoms with Crippen molar-refractivity contribution in [2.45, 2.75) is 6.04 Å². The molecule has 0 spiro atoms. The largest absolute Gasteiger partial charge is 0.465 e. The number of carbonyl (C=O) groups is 2. The number of anilines is 2. The van der Waals surface area contributed by atoms with E-state index in [-0.39, 0.29) is 5.91 Å². The maximum Gasteiger partial charge on any atom is 0.340 e. The van der Waals surface area contributed by atoms with E-state index in [0.717, 1.165) is 10.0 Å². The smallest absolute Gasteiger partial charge is 0.340 e. The van der Waals surface area contributed by atoms with Crippen LogP contribution in [0.25, 0.3) is 0 Å². The molecule has 3 aromatic rings. The molecule has 2 aromatic carbocycles. The van der Waals surface area contributed by atoms with Gasteiger partial charge in [-0.2, -0.15) is 0 Å². The Hall–Kier alpha value is -2.71. The van der Waals surface area contributed by atoms with Crippen molar-refractivity contribution >= 4 is 50.0 Å². The average Bonchev–Trinajstić information content (AvgIpc) is 3.19. The van der Waals surface area contributed by atoms with Gasteiger partial charge in [0.15, 0.2) is 5.13 Å². The second-order valence-electron chi connectivity index (χ2n) is 5.50. The molecule has 0 saturated carbocycles. The third-order valence-corrected chi connectivity index (χ3v) is 4.93. The fourth-order valence-corrected chi connectivity index (χ4v) is 3.38. The van der Waals surface area contributed by atoms with Crippen LogP contribution in [0.3, 0.4) is 0 Å². The molecular weight excluding hydrogens is 430 g/mol. The van der Waals surface area contributed by atoms with E-state index >= 15 is 0 Å². The number of nitrogens with one attached hydrogen (secondary N) is 2. The zero-order chi connectivity index (χ0) is 19.2. The highest BCUT2D eigenvalue weighted by Gasteiger charge is 2.24.